The molecule has 1 aromatic carbocycles. The Kier molecular flexibility index (Phi) is 4.70. The number of carbonyl (C=O) groups excluding carboxylic acids is 1. The largest absolute Gasteiger partial charge is 0.481 e. The second kappa shape index (κ2) is 5.87. The van der Waals surface area contributed by atoms with Crippen LogP contribution >= 0.6 is 0 Å². The van der Waals surface area contributed by atoms with Gasteiger partial charge in [0.15, 0.2) is 0 Å². The Bertz CT molecular complexity index is 475. The molecule has 4 heteroatoms. The standard InChI is InChI=1S/C15H21NO3/c1-11-7-5-6-8-12(11)16(10-9-13(17)18)14(19)15(2,3)4/h5-8H,9-10H2,1-4H3,(H,17,18). The number of rotatable bonds is 4. The molecule has 0 bridgehead atoms. The average molecular weight is 263 g/mol. The zero-order chi connectivity index (χ0) is 14.6. The smallest absolute Gasteiger partial charge is 0.305 e. The number of hydrogen-bond acceptors (Lipinski definition) is 2. The first-order valence-electron chi connectivity index (χ1n) is 6.33. The van der Waals surface area contributed by atoms with Crippen molar-refractivity contribution < 1.29 is 14.7 Å². The Morgan fingerprint density at radius 1 is 1.21 bits per heavy atom. The maximum atomic E-state index is 12.5. The van der Waals surface area contributed by atoms with Gasteiger partial charge in [0.1, 0.15) is 0 Å². The number of carboxylic acids is 1. The molecule has 0 aliphatic carbocycles. The monoisotopic (exact) mass is 263 g/mol. The van der Waals surface area contributed by atoms with Crippen LogP contribution in [0.4, 0.5) is 5.69 Å². The lowest BCUT2D eigenvalue weighted by Crippen LogP contribution is -2.41. The maximum absolute atomic E-state index is 12.5. The summed E-state index contributed by atoms with van der Waals surface area (Å²) in [6, 6.07) is 7.52. The lowest BCUT2D eigenvalue weighted by molar-refractivity contribution is -0.136. The van der Waals surface area contributed by atoms with E-state index in [1.165, 1.54) is 0 Å². The van der Waals surface area contributed by atoms with Crippen LogP contribution in [0.25, 0.3) is 0 Å². The van der Waals surface area contributed by atoms with Crippen LogP contribution in [0.5, 0.6) is 0 Å². The van der Waals surface area contributed by atoms with Gasteiger partial charge in [-0.05, 0) is 18.6 Å². The third-order valence-corrected chi connectivity index (χ3v) is 2.84. The van der Waals surface area contributed by atoms with Gasteiger partial charge in [0.2, 0.25) is 5.91 Å². The van der Waals surface area contributed by atoms with Gasteiger partial charge in [-0.3, -0.25) is 9.59 Å². The van der Waals surface area contributed by atoms with Gasteiger partial charge < -0.3 is 10.0 Å². The predicted octanol–water partition coefficient (Wildman–Crippen LogP) is 2.85. The second-order valence-electron chi connectivity index (χ2n) is 5.64. The van der Waals surface area contributed by atoms with Gasteiger partial charge in [0.25, 0.3) is 0 Å². The van der Waals surface area contributed by atoms with Crippen molar-refractivity contribution >= 4 is 17.6 Å². The summed E-state index contributed by atoms with van der Waals surface area (Å²) in [4.78, 5) is 24.8. The van der Waals surface area contributed by atoms with Crippen LogP contribution in [0.15, 0.2) is 24.3 Å². The molecule has 4 nitrogen and oxygen atoms in total. The van der Waals surface area contributed by atoms with Crippen LogP contribution in [0.2, 0.25) is 0 Å². The van der Waals surface area contributed by atoms with Crippen molar-refractivity contribution in [2.45, 2.75) is 34.1 Å². The molecule has 0 unspecified atom stereocenters. The Morgan fingerprint density at radius 2 is 1.79 bits per heavy atom. The van der Waals surface area contributed by atoms with E-state index in [0.717, 1.165) is 11.3 Å². The van der Waals surface area contributed by atoms with Crippen LogP contribution in [-0.4, -0.2) is 23.5 Å². The summed E-state index contributed by atoms with van der Waals surface area (Å²) in [6.07, 6.45) is -0.0594. The Hall–Kier alpha value is -1.84. The zero-order valence-electron chi connectivity index (χ0n) is 11.9. The molecular formula is C15H21NO3. The molecule has 0 aromatic heterocycles. The number of carbonyl (C=O) groups is 2. The van der Waals surface area contributed by atoms with E-state index >= 15 is 0 Å². The van der Waals surface area contributed by atoms with Gasteiger partial charge in [-0.25, -0.2) is 0 Å². The molecule has 19 heavy (non-hydrogen) atoms. The first-order valence-corrected chi connectivity index (χ1v) is 6.33. The molecule has 0 saturated heterocycles. The number of hydrogen-bond donors (Lipinski definition) is 1. The minimum Gasteiger partial charge on any atom is -0.481 e. The summed E-state index contributed by atoms with van der Waals surface area (Å²) >= 11 is 0. The topological polar surface area (TPSA) is 57.6 Å². The lowest BCUT2D eigenvalue weighted by atomic mass is 9.94. The molecule has 0 spiro atoms. The summed E-state index contributed by atoms with van der Waals surface area (Å²) in [6.45, 7) is 7.61. The molecule has 1 aromatic rings. The average Bonchev–Trinajstić information content (AvgIpc) is 2.29. The van der Waals surface area contributed by atoms with Crippen molar-refractivity contribution in [1.82, 2.24) is 0 Å². The molecule has 0 fully saturated rings. The van der Waals surface area contributed by atoms with Crippen LogP contribution in [-0.2, 0) is 9.59 Å². The first kappa shape index (κ1) is 15.2. The fraction of sp³-hybridized carbons (Fsp3) is 0.467. The Morgan fingerprint density at radius 3 is 2.26 bits per heavy atom. The molecule has 1 amide bonds. The number of aliphatic carboxylic acids is 1. The molecular weight excluding hydrogens is 242 g/mol. The SMILES string of the molecule is Cc1ccccc1N(CCC(=O)O)C(=O)C(C)(C)C. The van der Waals surface area contributed by atoms with Gasteiger partial charge in [-0.2, -0.15) is 0 Å². The van der Waals surface area contributed by atoms with E-state index in [1.807, 2.05) is 52.0 Å². The number of para-hydroxylation sites is 1. The molecule has 0 aliphatic rings. The fourth-order valence-corrected chi connectivity index (χ4v) is 1.81. The third-order valence-electron chi connectivity index (χ3n) is 2.84. The van der Waals surface area contributed by atoms with Gasteiger partial charge in [0.05, 0.1) is 6.42 Å². The van der Waals surface area contributed by atoms with Gasteiger partial charge in [-0.1, -0.05) is 39.0 Å². The number of benzene rings is 1. The van der Waals surface area contributed by atoms with Gasteiger partial charge >= 0.3 is 5.97 Å². The number of amides is 1. The van der Waals surface area contributed by atoms with Crippen molar-refractivity contribution in [3.05, 3.63) is 29.8 Å². The quantitative estimate of drug-likeness (QED) is 0.908. The highest BCUT2D eigenvalue weighted by molar-refractivity contribution is 5.97. The van der Waals surface area contributed by atoms with E-state index in [1.54, 1.807) is 4.90 Å². The summed E-state index contributed by atoms with van der Waals surface area (Å²) < 4.78 is 0. The van der Waals surface area contributed by atoms with E-state index < -0.39 is 11.4 Å². The Labute approximate surface area is 114 Å². The molecule has 104 valence electrons. The van der Waals surface area contributed by atoms with Crippen LogP contribution in [0.3, 0.4) is 0 Å². The van der Waals surface area contributed by atoms with Crippen LogP contribution in [0, 0.1) is 12.3 Å². The van der Waals surface area contributed by atoms with E-state index in [4.69, 9.17) is 5.11 Å². The van der Waals surface area contributed by atoms with E-state index in [9.17, 15) is 9.59 Å². The minimum atomic E-state index is -0.903. The Balaban J connectivity index is 3.09. The maximum Gasteiger partial charge on any atom is 0.305 e. The van der Waals surface area contributed by atoms with Crippen molar-refractivity contribution in [2.75, 3.05) is 11.4 Å². The third kappa shape index (κ3) is 4.09. The summed E-state index contributed by atoms with van der Waals surface area (Å²) in [5.41, 5.74) is 1.20. The van der Waals surface area contributed by atoms with Crippen LogP contribution < -0.4 is 4.90 Å². The molecule has 1 N–H and O–H groups in total. The highest BCUT2D eigenvalue weighted by Crippen LogP contribution is 2.26. The second-order valence-corrected chi connectivity index (χ2v) is 5.64. The van der Waals surface area contributed by atoms with Crippen molar-refractivity contribution in [3.8, 4) is 0 Å². The minimum absolute atomic E-state index is 0.0594. The molecule has 0 saturated carbocycles. The van der Waals surface area contributed by atoms with Crippen molar-refractivity contribution in [2.24, 2.45) is 5.41 Å². The molecule has 0 heterocycles. The van der Waals surface area contributed by atoms with Gasteiger partial charge in [-0.15, -0.1) is 0 Å². The fourth-order valence-electron chi connectivity index (χ4n) is 1.81. The number of aryl methyl sites for hydroxylation is 1. The zero-order valence-corrected chi connectivity index (χ0v) is 11.9. The molecule has 0 atom stereocenters. The highest BCUT2D eigenvalue weighted by atomic mass is 16.4. The normalized spacial score (nSPS) is 11.2. The van der Waals surface area contributed by atoms with E-state index in [2.05, 4.69) is 0 Å². The van der Waals surface area contributed by atoms with Crippen molar-refractivity contribution in [1.29, 1.82) is 0 Å². The van der Waals surface area contributed by atoms with E-state index in [0.29, 0.717) is 0 Å². The number of carboxylic acid groups (broad SMARTS) is 1. The molecule has 0 radical (unpaired) electrons. The van der Waals surface area contributed by atoms with E-state index in [-0.39, 0.29) is 18.9 Å². The summed E-state index contributed by atoms with van der Waals surface area (Å²) in [5.74, 6) is -0.969. The molecule has 0 aliphatic heterocycles. The highest BCUT2D eigenvalue weighted by Gasteiger charge is 2.29. The lowest BCUT2D eigenvalue weighted by Gasteiger charge is -2.30. The van der Waals surface area contributed by atoms with Crippen LogP contribution in [0.1, 0.15) is 32.8 Å². The summed E-state index contributed by atoms with van der Waals surface area (Å²) in [5, 5.41) is 8.83. The number of anilines is 1. The predicted molar refractivity (Wildman–Crippen MR) is 75.2 cm³/mol. The van der Waals surface area contributed by atoms with Crippen molar-refractivity contribution in [3.63, 3.8) is 0 Å². The summed E-state index contributed by atoms with van der Waals surface area (Å²) in [7, 11) is 0. The molecule has 1 rings (SSSR count). The number of nitrogens with zero attached hydrogens (tertiary/aromatic N) is 1. The first-order chi connectivity index (χ1) is 8.73. The van der Waals surface area contributed by atoms with Gasteiger partial charge in [0, 0.05) is 17.6 Å².